The summed E-state index contributed by atoms with van der Waals surface area (Å²) in [5.41, 5.74) is -1.22. The average Bonchev–Trinajstić information content (AvgIpc) is 3.11. The van der Waals surface area contributed by atoms with Gasteiger partial charge in [0, 0.05) is 11.1 Å². The number of halogens is 4. The van der Waals surface area contributed by atoms with Gasteiger partial charge >= 0.3 is 6.18 Å². The molecule has 0 heterocycles. The predicted molar refractivity (Wildman–Crippen MR) is 66.1 cm³/mol. The summed E-state index contributed by atoms with van der Waals surface area (Å²) < 4.78 is 38.3. The fourth-order valence-corrected chi connectivity index (χ4v) is 1.75. The zero-order chi connectivity index (χ0) is 14.0. The number of amides is 1. The molecule has 2 rings (SSSR count). The molecule has 0 aliphatic heterocycles. The molecule has 0 unspecified atom stereocenters. The third-order valence-electron chi connectivity index (χ3n) is 2.69. The summed E-state index contributed by atoms with van der Waals surface area (Å²) >= 11 is 5.55. The Bertz CT molecular complexity index is 486. The number of alkyl halides is 3. The van der Waals surface area contributed by atoms with Gasteiger partial charge in [0.1, 0.15) is 0 Å². The maximum Gasteiger partial charge on any atom is 0.418 e. The summed E-state index contributed by atoms with van der Waals surface area (Å²) in [5, 5.41) is 5.15. The van der Waals surface area contributed by atoms with E-state index in [1.807, 2.05) is 0 Å². The van der Waals surface area contributed by atoms with Crippen molar-refractivity contribution < 1.29 is 18.0 Å². The van der Waals surface area contributed by atoms with Crippen molar-refractivity contribution in [2.24, 2.45) is 0 Å². The number of hydrogen-bond donors (Lipinski definition) is 2. The molecule has 1 aromatic rings. The van der Waals surface area contributed by atoms with Crippen LogP contribution < -0.4 is 10.6 Å². The number of carbonyl (C=O) groups excluding carboxylic acids is 1. The Morgan fingerprint density at radius 3 is 2.63 bits per heavy atom. The van der Waals surface area contributed by atoms with Crippen LogP contribution in [0.2, 0.25) is 5.02 Å². The van der Waals surface area contributed by atoms with Gasteiger partial charge in [-0.1, -0.05) is 11.6 Å². The molecule has 0 atom stereocenters. The van der Waals surface area contributed by atoms with Gasteiger partial charge in [0.25, 0.3) is 0 Å². The second kappa shape index (κ2) is 5.38. The van der Waals surface area contributed by atoms with Gasteiger partial charge < -0.3 is 10.6 Å². The van der Waals surface area contributed by atoms with Crippen LogP contribution in [0.3, 0.4) is 0 Å². The summed E-state index contributed by atoms with van der Waals surface area (Å²) in [6.45, 7) is 0.00455. The van der Waals surface area contributed by atoms with Gasteiger partial charge in [-0.3, -0.25) is 4.79 Å². The normalized spacial score (nSPS) is 15.4. The SMILES string of the molecule is O=C(CNC1CC1)Nc1ccc(Cl)cc1C(F)(F)F. The Morgan fingerprint density at radius 2 is 2.05 bits per heavy atom. The molecule has 104 valence electrons. The predicted octanol–water partition coefficient (Wildman–Crippen LogP) is 3.05. The molecule has 1 fully saturated rings. The number of benzene rings is 1. The van der Waals surface area contributed by atoms with Crippen molar-refractivity contribution in [2.45, 2.75) is 25.1 Å². The molecule has 2 N–H and O–H groups in total. The van der Waals surface area contributed by atoms with Crippen LogP contribution >= 0.6 is 11.6 Å². The molecule has 1 amide bonds. The van der Waals surface area contributed by atoms with Gasteiger partial charge in [0.05, 0.1) is 17.8 Å². The topological polar surface area (TPSA) is 41.1 Å². The lowest BCUT2D eigenvalue weighted by molar-refractivity contribution is -0.137. The van der Waals surface area contributed by atoms with Crippen LogP contribution in [0.5, 0.6) is 0 Å². The molecule has 0 saturated heterocycles. The zero-order valence-electron chi connectivity index (χ0n) is 9.85. The molecule has 3 nitrogen and oxygen atoms in total. The number of hydrogen-bond acceptors (Lipinski definition) is 2. The summed E-state index contributed by atoms with van der Waals surface area (Å²) in [6.07, 6.45) is -2.55. The standard InChI is InChI=1S/C12H12ClF3N2O/c13-7-1-4-10(9(5-7)12(14,15)16)18-11(19)6-17-8-2-3-8/h1,4-5,8,17H,2-3,6H2,(H,18,19). The van der Waals surface area contributed by atoms with Crippen molar-refractivity contribution >= 4 is 23.2 Å². The van der Waals surface area contributed by atoms with Crippen molar-refractivity contribution in [2.75, 3.05) is 11.9 Å². The summed E-state index contributed by atoms with van der Waals surface area (Å²) in [7, 11) is 0. The van der Waals surface area contributed by atoms with E-state index in [1.54, 1.807) is 0 Å². The van der Waals surface area contributed by atoms with E-state index in [-0.39, 0.29) is 17.3 Å². The van der Waals surface area contributed by atoms with Gasteiger partial charge in [0.15, 0.2) is 0 Å². The molecule has 1 saturated carbocycles. The Labute approximate surface area is 113 Å². The van der Waals surface area contributed by atoms with Crippen LogP contribution in [0, 0.1) is 0 Å². The van der Waals surface area contributed by atoms with E-state index in [0.29, 0.717) is 6.04 Å². The van der Waals surface area contributed by atoms with Gasteiger partial charge in [-0.25, -0.2) is 0 Å². The van der Waals surface area contributed by atoms with Crippen molar-refractivity contribution in [1.82, 2.24) is 5.32 Å². The fourth-order valence-electron chi connectivity index (χ4n) is 1.58. The summed E-state index contributed by atoms with van der Waals surface area (Å²) in [4.78, 5) is 11.5. The van der Waals surface area contributed by atoms with Crippen molar-refractivity contribution in [3.63, 3.8) is 0 Å². The Balaban J connectivity index is 2.07. The average molecular weight is 293 g/mol. The lowest BCUT2D eigenvalue weighted by Crippen LogP contribution is -2.30. The highest BCUT2D eigenvalue weighted by Crippen LogP contribution is 2.36. The van der Waals surface area contributed by atoms with Gasteiger partial charge in [-0.05, 0) is 31.0 Å². The van der Waals surface area contributed by atoms with Crippen LogP contribution in [0.15, 0.2) is 18.2 Å². The van der Waals surface area contributed by atoms with Crippen molar-refractivity contribution in [1.29, 1.82) is 0 Å². The van der Waals surface area contributed by atoms with E-state index in [0.717, 1.165) is 25.0 Å². The van der Waals surface area contributed by atoms with Crippen LogP contribution in [-0.4, -0.2) is 18.5 Å². The van der Waals surface area contributed by atoms with E-state index in [9.17, 15) is 18.0 Å². The first-order valence-corrected chi connectivity index (χ1v) is 6.14. The molecule has 0 spiro atoms. The second-order valence-electron chi connectivity index (χ2n) is 4.39. The molecule has 1 aromatic carbocycles. The molecular weight excluding hydrogens is 281 g/mol. The van der Waals surface area contributed by atoms with E-state index in [1.165, 1.54) is 6.07 Å². The van der Waals surface area contributed by atoms with Gasteiger partial charge in [-0.2, -0.15) is 13.2 Å². The minimum Gasteiger partial charge on any atom is -0.324 e. The highest BCUT2D eigenvalue weighted by Gasteiger charge is 2.34. The first-order valence-electron chi connectivity index (χ1n) is 5.76. The third kappa shape index (κ3) is 4.11. The highest BCUT2D eigenvalue weighted by molar-refractivity contribution is 6.30. The number of carbonyl (C=O) groups is 1. The zero-order valence-corrected chi connectivity index (χ0v) is 10.6. The molecular formula is C12H12ClF3N2O. The summed E-state index contributed by atoms with van der Waals surface area (Å²) in [5.74, 6) is -0.500. The van der Waals surface area contributed by atoms with E-state index in [4.69, 9.17) is 11.6 Å². The molecule has 1 aliphatic rings. The maximum atomic E-state index is 12.8. The lowest BCUT2D eigenvalue weighted by atomic mass is 10.1. The Hall–Kier alpha value is -1.27. The molecule has 0 bridgehead atoms. The Morgan fingerprint density at radius 1 is 1.37 bits per heavy atom. The molecule has 0 aromatic heterocycles. The number of rotatable bonds is 4. The van der Waals surface area contributed by atoms with E-state index >= 15 is 0 Å². The first kappa shape index (κ1) is 14.1. The monoisotopic (exact) mass is 292 g/mol. The molecule has 19 heavy (non-hydrogen) atoms. The van der Waals surface area contributed by atoms with Crippen LogP contribution in [0.25, 0.3) is 0 Å². The van der Waals surface area contributed by atoms with Crippen molar-refractivity contribution in [3.8, 4) is 0 Å². The molecule has 0 radical (unpaired) electrons. The smallest absolute Gasteiger partial charge is 0.324 e. The van der Waals surface area contributed by atoms with Crippen LogP contribution in [-0.2, 0) is 11.0 Å². The van der Waals surface area contributed by atoms with Gasteiger partial charge in [0.2, 0.25) is 5.91 Å². The summed E-state index contributed by atoms with van der Waals surface area (Å²) in [6, 6.07) is 3.57. The van der Waals surface area contributed by atoms with E-state index < -0.39 is 17.6 Å². The highest BCUT2D eigenvalue weighted by atomic mass is 35.5. The largest absolute Gasteiger partial charge is 0.418 e. The van der Waals surface area contributed by atoms with E-state index in [2.05, 4.69) is 10.6 Å². The lowest BCUT2D eigenvalue weighted by Gasteiger charge is -2.14. The molecule has 1 aliphatic carbocycles. The van der Waals surface area contributed by atoms with Crippen LogP contribution in [0.1, 0.15) is 18.4 Å². The molecule has 7 heteroatoms. The maximum absolute atomic E-state index is 12.8. The Kier molecular flexibility index (Phi) is 4.01. The van der Waals surface area contributed by atoms with Gasteiger partial charge in [-0.15, -0.1) is 0 Å². The number of anilines is 1. The van der Waals surface area contributed by atoms with Crippen LogP contribution in [0.4, 0.5) is 18.9 Å². The first-order chi connectivity index (χ1) is 8.86. The second-order valence-corrected chi connectivity index (χ2v) is 4.83. The fraction of sp³-hybridized carbons (Fsp3) is 0.417. The number of nitrogens with one attached hydrogen (secondary N) is 2. The van der Waals surface area contributed by atoms with Crippen molar-refractivity contribution in [3.05, 3.63) is 28.8 Å². The third-order valence-corrected chi connectivity index (χ3v) is 2.92. The minimum atomic E-state index is -4.56. The quantitative estimate of drug-likeness (QED) is 0.895. The minimum absolute atomic E-state index is 0.00455.